The number of nitrogens with zero attached hydrogens (tertiary/aromatic N) is 2. The molecule has 0 radical (unpaired) electrons. The van der Waals surface area contributed by atoms with E-state index in [4.69, 9.17) is 14.1 Å². The molecule has 1 saturated heterocycles. The Morgan fingerprint density at radius 1 is 1.07 bits per heavy atom. The van der Waals surface area contributed by atoms with E-state index in [1.165, 1.54) is 17.0 Å². The molecule has 3 atom stereocenters. The number of hydrogen-bond acceptors (Lipinski definition) is 4. The van der Waals surface area contributed by atoms with E-state index >= 15 is 0 Å². The van der Waals surface area contributed by atoms with Crippen molar-refractivity contribution in [2.45, 2.75) is 116 Å². The van der Waals surface area contributed by atoms with Gasteiger partial charge in [-0.3, -0.25) is 4.98 Å². The first kappa shape index (κ1) is 32.0. The third-order valence-electron chi connectivity index (χ3n) is 10.1. The number of hydrogen-bond donors (Lipinski definition) is 1. The molecular formula is C33H45F3N2O4Si. The second-order valence-corrected chi connectivity index (χ2v) is 19.7. The number of piperidine rings is 1. The van der Waals surface area contributed by atoms with E-state index in [0.29, 0.717) is 31.5 Å². The molecule has 5 rings (SSSR count). The smallest absolute Gasteiger partial charge is 0.416 e. The first-order valence-electron chi connectivity index (χ1n) is 15.3. The van der Waals surface area contributed by atoms with Crippen molar-refractivity contribution in [1.82, 2.24) is 9.88 Å². The maximum Gasteiger partial charge on any atom is 0.416 e. The zero-order chi connectivity index (χ0) is 31.7. The van der Waals surface area contributed by atoms with Gasteiger partial charge in [0.2, 0.25) is 0 Å². The Bertz CT molecular complexity index is 1380. The normalized spacial score (nSPS) is 24.5. The fraction of sp³-hybridized carbons (Fsp3) is 0.636. The average molecular weight is 619 g/mol. The predicted octanol–water partition coefficient (Wildman–Crippen LogP) is 9.17. The molecule has 1 amide bonds. The Balaban J connectivity index is 1.70. The number of amides is 1. The number of benzene rings is 1. The number of alkyl halides is 3. The summed E-state index contributed by atoms with van der Waals surface area (Å²) in [6.07, 6.45) is -3.52. The molecule has 1 fully saturated rings. The van der Waals surface area contributed by atoms with Gasteiger partial charge in [0.25, 0.3) is 0 Å². The molecule has 0 saturated carbocycles. The topological polar surface area (TPSA) is 71.9 Å². The lowest BCUT2D eigenvalue weighted by Gasteiger charge is -2.46. The van der Waals surface area contributed by atoms with Gasteiger partial charge in [0.1, 0.15) is 6.10 Å². The summed E-state index contributed by atoms with van der Waals surface area (Å²) in [5.74, 6) is 0.0543. The number of likely N-dealkylation sites (tertiary alicyclic amines) is 1. The summed E-state index contributed by atoms with van der Waals surface area (Å²) in [5.41, 5.74) is 4.93. The zero-order valence-electron chi connectivity index (χ0n) is 26.6. The highest BCUT2D eigenvalue weighted by Crippen LogP contribution is 2.55. The summed E-state index contributed by atoms with van der Waals surface area (Å²) in [6.45, 7) is 18.5. The van der Waals surface area contributed by atoms with Crippen molar-refractivity contribution >= 4 is 14.4 Å². The summed E-state index contributed by atoms with van der Waals surface area (Å²) in [4.78, 5) is 18.5. The van der Waals surface area contributed by atoms with E-state index in [1.807, 2.05) is 6.92 Å². The van der Waals surface area contributed by atoms with Crippen LogP contribution in [0.4, 0.5) is 18.0 Å². The van der Waals surface area contributed by atoms with Gasteiger partial charge in [-0.2, -0.15) is 13.2 Å². The van der Waals surface area contributed by atoms with Crippen molar-refractivity contribution in [1.29, 1.82) is 0 Å². The minimum atomic E-state index is -4.43. The molecule has 2 aliphatic heterocycles. The van der Waals surface area contributed by atoms with Crippen LogP contribution in [0.1, 0.15) is 124 Å². The third kappa shape index (κ3) is 6.11. The molecule has 236 valence electrons. The molecule has 1 aromatic carbocycles. The van der Waals surface area contributed by atoms with Gasteiger partial charge < -0.3 is 19.2 Å². The molecule has 3 unspecified atom stereocenters. The number of halogens is 3. The Kier molecular flexibility index (Phi) is 8.09. The van der Waals surface area contributed by atoms with Gasteiger partial charge in [0.05, 0.1) is 23.5 Å². The summed E-state index contributed by atoms with van der Waals surface area (Å²) < 4.78 is 53.9. The van der Waals surface area contributed by atoms with Gasteiger partial charge in [-0.1, -0.05) is 46.8 Å². The van der Waals surface area contributed by atoms with Crippen LogP contribution < -0.4 is 0 Å². The first-order chi connectivity index (χ1) is 19.8. The van der Waals surface area contributed by atoms with E-state index in [2.05, 4.69) is 47.7 Å². The molecule has 3 heterocycles. The van der Waals surface area contributed by atoms with Crippen LogP contribution in [-0.4, -0.2) is 42.5 Å². The second-order valence-electron chi connectivity index (χ2n) is 14.9. The number of pyridine rings is 1. The van der Waals surface area contributed by atoms with Crippen LogP contribution in [0.5, 0.6) is 0 Å². The lowest BCUT2D eigenvalue weighted by Crippen LogP contribution is -2.44. The van der Waals surface area contributed by atoms with E-state index in [-0.39, 0.29) is 28.6 Å². The minimum Gasteiger partial charge on any atom is -0.465 e. The van der Waals surface area contributed by atoms with Crippen LogP contribution in [0.25, 0.3) is 0 Å². The SMILES string of the molecule is CC1OC(c2ccc(C(F)(F)F)cc2)c2c1nc1c(c2C2CCN(C(=O)O)CC2)C(O[Si](C)(C)C(C)(C)C)CC(C)(C)C1. The van der Waals surface area contributed by atoms with Gasteiger partial charge in [-0.05, 0) is 85.3 Å². The number of fused-ring (bicyclic) bond motifs is 2. The van der Waals surface area contributed by atoms with Crippen molar-refractivity contribution in [3.8, 4) is 0 Å². The predicted molar refractivity (Wildman–Crippen MR) is 162 cm³/mol. The van der Waals surface area contributed by atoms with Gasteiger partial charge in [-0.15, -0.1) is 0 Å². The standard InChI is InChI=1S/C33H45F3N2O4Si/c1-19-28-27(29(41-19)21-9-11-22(12-10-21)33(34,35)36)25(20-13-15-38(16-14-20)30(39)40)26-23(37-28)17-32(5,6)18-24(26)42-43(7,8)31(2,3)4/h9-12,19-20,24,29H,13-18H2,1-8H3,(H,39,40). The van der Waals surface area contributed by atoms with Crippen molar-refractivity contribution in [3.05, 3.63) is 63.5 Å². The number of carbonyl (C=O) groups is 1. The average Bonchev–Trinajstić information content (AvgIpc) is 3.21. The molecule has 6 nitrogen and oxygen atoms in total. The van der Waals surface area contributed by atoms with Gasteiger partial charge in [-0.25, -0.2) is 4.79 Å². The Labute approximate surface area is 254 Å². The van der Waals surface area contributed by atoms with Gasteiger partial charge >= 0.3 is 12.3 Å². The molecule has 10 heteroatoms. The number of aromatic nitrogens is 1. The van der Waals surface area contributed by atoms with Crippen LogP contribution in [0.2, 0.25) is 18.1 Å². The minimum absolute atomic E-state index is 0.00765. The Morgan fingerprint density at radius 3 is 2.21 bits per heavy atom. The zero-order valence-corrected chi connectivity index (χ0v) is 27.6. The molecule has 2 aromatic rings. The van der Waals surface area contributed by atoms with Crippen LogP contribution in [-0.2, 0) is 21.8 Å². The maximum atomic E-state index is 13.4. The lowest BCUT2D eigenvalue weighted by atomic mass is 9.70. The number of ether oxygens (including phenoxy) is 1. The Morgan fingerprint density at radius 2 is 1.67 bits per heavy atom. The first-order valence-corrected chi connectivity index (χ1v) is 18.2. The van der Waals surface area contributed by atoms with Crippen molar-refractivity contribution in [3.63, 3.8) is 0 Å². The van der Waals surface area contributed by atoms with Crippen LogP contribution in [0, 0.1) is 5.41 Å². The fourth-order valence-electron chi connectivity index (χ4n) is 6.77. The lowest BCUT2D eigenvalue weighted by molar-refractivity contribution is -0.137. The van der Waals surface area contributed by atoms with Gasteiger partial charge in [0.15, 0.2) is 8.32 Å². The second kappa shape index (κ2) is 10.9. The largest absolute Gasteiger partial charge is 0.465 e. The van der Waals surface area contributed by atoms with Gasteiger partial charge in [0, 0.05) is 29.9 Å². The van der Waals surface area contributed by atoms with E-state index in [0.717, 1.165) is 53.1 Å². The summed E-state index contributed by atoms with van der Waals surface area (Å²) >= 11 is 0. The molecule has 0 spiro atoms. The van der Waals surface area contributed by atoms with Crippen molar-refractivity contribution in [2.75, 3.05) is 13.1 Å². The summed E-state index contributed by atoms with van der Waals surface area (Å²) in [6, 6.07) is 5.25. The monoisotopic (exact) mass is 618 g/mol. The summed E-state index contributed by atoms with van der Waals surface area (Å²) in [5, 5.41) is 9.64. The highest BCUT2D eigenvalue weighted by atomic mass is 28.4. The van der Waals surface area contributed by atoms with Crippen LogP contribution in [0.3, 0.4) is 0 Å². The van der Waals surface area contributed by atoms with Crippen molar-refractivity contribution < 1.29 is 32.2 Å². The molecule has 0 bridgehead atoms. The van der Waals surface area contributed by atoms with Crippen molar-refractivity contribution in [2.24, 2.45) is 5.41 Å². The van der Waals surface area contributed by atoms with Crippen LogP contribution in [0.15, 0.2) is 24.3 Å². The number of carboxylic acid groups (broad SMARTS) is 1. The fourth-order valence-corrected chi connectivity index (χ4v) is 8.04. The molecule has 1 N–H and O–H groups in total. The molecule has 43 heavy (non-hydrogen) atoms. The van der Waals surface area contributed by atoms with E-state index < -0.39 is 32.3 Å². The quantitative estimate of drug-likeness (QED) is 0.346. The maximum absolute atomic E-state index is 13.4. The molecule has 1 aromatic heterocycles. The molecular weight excluding hydrogens is 573 g/mol. The van der Waals surface area contributed by atoms with E-state index in [1.54, 1.807) is 0 Å². The van der Waals surface area contributed by atoms with E-state index in [9.17, 15) is 23.1 Å². The van der Waals surface area contributed by atoms with Crippen LogP contribution >= 0.6 is 0 Å². The molecule has 3 aliphatic rings. The summed E-state index contributed by atoms with van der Waals surface area (Å²) in [7, 11) is -2.22. The molecule has 1 aliphatic carbocycles. The Hall–Kier alpha value is -2.43. The third-order valence-corrected chi connectivity index (χ3v) is 14.6. The highest BCUT2D eigenvalue weighted by Gasteiger charge is 2.47. The highest BCUT2D eigenvalue weighted by molar-refractivity contribution is 6.74. The number of rotatable bonds is 4.